The van der Waals surface area contributed by atoms with Crippen LogP contribution in [0.15, 0.2) is 16.8 Å². The minimum Gasteiger partial charge on any atom is -0.396 e. The molecule has 19 heavy (non-hydrogen) atoms. The highest BCUT2D eigenvalue weighted by atomic mass is 16.6. The molecular weight excluding hydrogens is 252 g/mol. The van der Waals surface area contributed by atoms with Crippen LogP contribution in [0.25, 0.3) is 11.0 Å². The van der Waals surface area contributed by atoms with Gasteiger partial charge in [0.05, 0.1) is 10.6 Å². The van der Waals surface area contributed by atoms with Crippen molar-refractivity contribution in [3.63, 3.8) is 0 Å². The molecule has 0 amide bonds. The van der Waals surface area contributed by atoms with Gasteiger partial charge in [0.25, 0.3) is 0 Å². The summed E-state index contributed by atoms with van der Waals surface area (Å²) < 4.78 is 4.56. The van der Waals surface area contributed by atoms with Crippen LogP contribution in [0.1, 0.15) is 19.3 Å². The largest absolute Gasteiger partial charge is 0.396 e. The number of hydrogen-bond donors (Lipinski definition) is 2. The van der Waals surface area contributed by atoms with Gasteiger partial charge in [-0.25, -0.2) is 4.63 Å². The van der Waals surface area contributed by atoms with E-state index in [4.69, 9.17) is 5.11 Å². The van der Waals surface area contributed by atoms with Crippen molar-refractivity contribution in [3.8, 4) is 0 Å². The van der Waals surface area contributed by atoms with Gasteiger partial charge in [0, 0.05) is 19.2 Å². The van der Waals surface area contributed by atoms with Gasteiger partial charge >= 0.3 is 5.69 Å². The molecular formula is C11H14N4O4. The van der Waals surface area contributed by atoms with Crippen molar-refractivity contribution in [2.45, 2.75) is 19.3 Å². The van der Waals surface area contributed by atoms with E-state index in [9.17, 15) is 10.1 Å². The second-order valence-electron chi connectivity index (χ2n) is 4.06. The molecule has 0 spiro atoms. The van der Waals surface area contributed by atoms with E-state index in [1.165, 1.54) is 6.07 Å². The number of fused-ring (bicyclic) bond motifs is 1. The number of nitrogens with one attached hydrogen (secondary N) is 1. The topological polar surface area (TPSA) is 114 Å². The Morgan fingerprint density at radius 3 is 2.79 bits per heavy atom. The van der Waals surface area contributed by atoms with Gasteiger partial charge in [0.2, 0.25) is 5.52 Å². The average molecular weight is 266 g/mol. The molecule has 1 heterocycles. The summed E-state index contributed by atoms with van der Waals surface area (Å²) in [5, 5.41) is 29.8. The van der Waals surface area contributed by atoms with E-state index in [1.807, 2.05) is 0 Å². The third-order valence-electron chi connectivity index (χ3n) is 2.74. The van der Waals surface area contributed by atoms with Crippen LogP contribution in [0.4, 0.5) is 11.4 Å². The zero-order valence-corrected chi connectivity index (χ0v) is 10.2. The van der Waals surface area contributed by atoms with Crippen LogP contribution in [-0.4, -0.2) is 33.5 Å². The van der Waals surface area contributed by atoms with Crippen LogP contribution in [0.2, 0.25) is 0 Å². The Hall–Kier alpha value is -2.22. The summed E-state index contributed by atoms with van der Waals surface area (Å²) in [6.07, 6.45) is 2.57. The minimum absolute atomic E-state index is 0.123. The molecule has 2 rings (SSSR count). The van der Waals surface area contributed by atoms with Crippen molar-refractivity contribution in [1.29, 1.82) is 0 Å². The highest BCUT2D eigenvalue weighted by molar-refractivity contribution is 5.93. The number of rotatable bonds is 7. The summed E-state index contributed by atoms with van der Waals surface area (Å²) >= 11 is 0. The van der Waals surface area contributed by atoms with Gasteiger partial charge in [-0.2, -0.15) is 0 Å². The first-order chi connectivity index (χ1) is 9.24. The lowest BCUT2D eigenvalue weighted by molar-refractivity contribution is -0.383. The lowest BCUT2D eigenvalue weighted by Crippen LogP contribution is -2.03. The minimum atomic E-state index is -0.516. The van der Waals surface area contributed by atoms with Crippen molar-refractivity contribution < 1.29 is 14.7 Å². The van der Waals surface area contributed by atoms with Gasteiger partial charge < -0.3 is 10.4 Å². The Balaban J connectivity index is 2.10. The van der Waals surface area contributed by atoms with Crippen LogP contribution in [0, 0.1) is 10.1 Å². The molecule has 0 saturated carbocycles. The van der Waals surface area contributed by atoms with E-state index in [-0.39, 0.29) is 17.8 Å². The molecule has 0 atom stereocenters. The van der Waals surface area contributed by atoms with Crippen LogP contribution in [-0.2, 0) is 0 Å². The van der Waals surface area contributed by atoms with E-state index < -0.39 is 4.92 Å². The van der Waals surface area contributed by atoms with Gasteiger partial charge in [-0.15, -0.1) is 0 Å². The van der Waals surface area contributed by atoms with Gasteiger partial charge in [0.15, 0.2) is 5.52 Å². The molecule has 0 radical (unpaired) electrons. The highest BCUT2D eigenvalue weighted by Gasteiger charge is 2.19. The number of aromatic nitrogens is 2. The fourth-order valence-electron chi connectivity index (χ4n) is 1.78. The Labute approximate surface area is 108 Å². The Bertz CT molecular complexity index is 569. The zero-order valence-electron chi connectivity index (χ0n) is 10.2. The number of anilines is 1. The summed E-state index contributed by atoms with van der Waals surface area (Å²) in [6, 6.07) is 2.97. The Morgan fingerprint density at radius 2 is 2.05 bits per heavy atom. The predicted molar refractivity (Wildman–Crippen MR) is 67.9 cm³/mol. The maximum absolute atomic E-state index is 10.8. The number of nitrogens with zero attached hydrogens (tertiary/aromatic N) is 3. The van der Waals surface area contributed by atoms with Gasteiger partial charge in [-0.3, -0.25) is 10.1 Å². The van der Waals surface area contributed by atoms with Crippen LogP contribution >= 0.6 is 0 Å². The Kier molecular flexibility index (Phi) is 4.24. The first-order valence-electron chi connectivity index (χ1n) is 5.98. The number of benzene rings is 1. The quantitative estimate of drug-likeness (QED) is 0.445. The molecule has 0 aliphatic carbocycles. The number of hydrogen-bond acceptors (Lipinski definition) is 7. The third-order valence-corrected chi connectivity index (χ3v) is 2.74. The lowest BCUT2D eigenvalue weighted by atomic mass is 10.2. The number of aliphatic hydroxyl groups excluding tert-OH is 1. The third kappa shape index (κ3) is 2.97. The van der Waals surface area contributed by atoms with E-state index in [0.717, 1.165) is 19.3 Å². The van der Waals surface area contributed by atoms with Crippen LogP contribution in [0.5, 0.6) is 0 Å². The molecule has 0 fully saturated rings. The molecule has 8 heteroatoms. The number of aliphatic hydroxyl groups is 1. The standard InChI is InChI=1S/C11H14N4O4/c16-7-3-1-2-6-12-8-4-5-9(15(17)18)11-10(8)13-19-14-11/h4-5,12,16H,1-3,6-7H2. The molecule has 8 nitrogen and oxygen atoms in total. The lowest BCUT2D eigenvalue weighted by Gasteiger charge is -2.05. The SMILES string of the molecule is O=[N+]([O-])c1ccc(NCCCCCO)c2nonc12. The number of non-ortho nitro benzene ring substituents is 1. The maximum Gasteiger partial charge on any atom is 0.300 e. The van der Waals surface area contributed by atoms with E-state index >= 15 is 0 Å². The van der Waals surface area contributed by atoms with Gasteiger partial charge in [0.1, 0.15) is 0 Å². The van der Waals surface area contributed by atoms with Crippen molar-refractivity contribution >= 4 is 22.4 Å². The van der Waals surface area contributed by atoms with Crippen molar-refractivity contribution in [3.05, 3.63) is 22.2 Å². The van der Waals surface area contributed by atoms with Crippen molar-refractivity contribution in [2.75, 3.05) is 18.5 Å². The first-order valence-corrected chi connectivity index (χ1v) is 5.98. The zero-order chi connectivity index (χ0) is 13.7. The molecule has 2 N–H and O–H groups in total. The van der Waals surface area contributed by atoms with Gasteiger partial charge in [-0.05, 0) is 35.6 Å². The fraction of sp³-hybridized carbons (Fsp3) is 0.455. The normalized spacial score (nSPS) is 10.8. The summed E-state index contributed by atoms with van der Waals surface area (Å²) in [4.78, 5) is 10.3. The molecule has 0 bridgehead atoms. The number of nitro benzene ring substituents is 1. The van der Waals surface area contributed by atoms with Crippen LogP contribution in [0.3, 0.4) is 0 Å². The molecule has 1 aromatic carbocycles. The molecule has 102 valence electrons. The van der Waals surface area contributed by atoms with Crippen molar-refractivity contribution in [2.24, 2.45) is 0 Å². The molecule has 0 aliphatic heterocycles. The molecule has 2 aromatic rings. The van der Waals surface area contributed by atoms with E-state index in [1.54, 1.807) is 6.07 Å². The average Bonchev–Trinajstić information content (AvgIpc) is 2.87. The number of unbranched alkanes of at least 4 members (excludes halogenated alkanes) is 2. The van der Waals surface area contributed by atoms with Crippen LogP contribution < -0.4 is 5.32 Å². The first kappa shape index (κ1) is 13.2. The summed E-state index contributed by atoms with van der Waals surface area (Å²) in [5.74, 6) is 0. The summed E-state index contributed by atoms with van der Waals surface area (Å²) in [7, 11) is 0. The second kappa shape index (κ2) is 6.10. The molecule has 0 unspecified atom stereocenters. The van der Waals surface area contributed by atoms with E-state index in [2.05, 4.69) is 20.3 Å². The highest BCUT2D eigenvalue weighted by Crippen LogP contribution is 2.28. The summed E-state index contributed by atoms with van der Waals surface area (Å²) in [5.41, 5.74) is 1.04. The van der Waals surface area contributed by atoms with Gasteiger partial charge in [-0.1, -0.05) is 0 Å². The maximum atomic E-state index is 10.8. The number of nitro groups is 1. The molecule has 0 saturated heterocycles. The van der Waals surface area contributed by atoms with Crippen molar-refractivity contribution in [1.82, 2.24) is 10.3 Å². The monoisotopic (exact) mass is 266 g/mol. The van der Waals surface area contributed by atoms with E-state index in [0.29, 0.717) is 17.7 Å². The molecule has 0 aliphatic rings. The molecule has 1 aromatic heterocycles. The Morgan fingerprint density at radius 1 is 1.26 bits per heavy atom. The second-order valence-corrected chi connectivity index (χ2v) is 4.06. The smallest absolute Gasteiger partial charge is 0.300 e. The predicted octanol–water partition coefficient (Wildman–Crippen LogP) is 1.71. The fourth-order valence-corrected chi connectivity index (χ4v) is 1.78. The summed E-state index contributed by atoms with van der Waals surface area (Å²) in [6.45, 7) is 0.884.